The fourth-order valence-corrected chi connectivity index (χ4v) is 2.51. The number of nitrogens with one attached hydrogen (secondary N) is 2. The second-order valence-corrected chi connectivity index (χ2v) is 5.79. The Kier molecular flexibility index (Phi) is 6.16. The van der Waals surface area contributed by atoms with Crippen LogP contribution in [0.3, 0.4) is 0 Å². The van der Waals surface area contributed by atoms with Crippen LogP contribution in [0, 0.1) is 0 Å². The summed E-state index contributed by atoms with van der Waals surface area (Å²) in [5.74, 6) is -0.409. The van der Waals surface area contributed by atoms with Gasteiger partial charge in [0.05, 0.1) is 5.69 Å². The molecule has 5 amide bonds. The van der Waals surface area contributed by atoms with Gasteiger partial charge in [0.2, 0.25) is 5.91 Å². The van der Waals surface area contributed by atoms with E-state index in [4.69, 9.17) is 4.74 Å². The highest BCUT2D eigenvalue weighted by atomic mass is 16.5. The Bertz CT molecular complexity index is 686. The molecule has 140 valence electrons. The zero-order valence-corrected chi connectivity index (χ0v) is 14.9. The lowest BCUT2D eigenvalue weighted by atomic mass is 10.2. The smallest absolute Gasteiger partial charge is 0.333 e. The van der Waals surface area contributed by atoms with Crippen LogP contribution in [0.25, 0.3) is 0 Å². The number of nitrogens with zero attached hydrogens (tertiary/aromatic N) is 2. The van der Waals surface area contributed by atoms with Crippen molar-refractivity contribution in [3.05, 3.63) is 24.3 Å². The van der Waals surface area contributed by atoms with Gasteiger partial charge in [0.25, 0.3) is 0 Å². The normalized spacial score (nSPS) is 14.5. The minimum Gasteiger partial charge on any atom is -0.427 e. The van der Waals surface area contributed by atoms with Crippen molar-refractivity contribution in [2.24, 2.45) is 0 Å². The quantitative estimate of drug-likeness (QED) is 0.592. The molecule has 26 heavy (non-hydrogen) atoms. The molecule has 2 rings (SSSR count). The Morgan fingerprint density at radius 1 is 1.12 bits per heavy atom. The molecule has 0 unspecified atom stereocenters. The van der Waals surface area contributed by atoms with Gasteiger partial charge in [-0.1, -0.05) is 13.3 Å². The number of imide groups is 1. The van der Waals surface area contributed by atoms with Crippen LogP contribution in [0.2, 0.25) is 0 Å². The third kappa shape index (κ3) is 4.50. The molecule has 9 heteroatoms. The second-order valence-electron chi connectivity index (χ2n) is 5.79. The van der Waals surface area contributed by atoms with Gasteiger partial charge in [-0.15, -0.1) is 0 Å². The van der Waals surface area contributed by atoms with Crippen LogP contribution in [0.15, 0.2) is 24.3 Å². The topological polar surface area (TPSA) is 108 Å². The van der Waals surface area contributed by atoms with E-state index in [0.717, 1.165) is 17.7 Å². The second kappa shape index (κ2) is 8.32. The predicted molar refractivity (Wildman–Crippen MR) is 93.4 cm³/mol. The Hall–Kier alpha value is -3.10. The van der Waals surface area contributed by atoms with Crippen molar-refractivity contribution in [1.82, 2.24) is 15.5 Å². The molecule has 1 aromatic carbocycles. The molecule has 9 nitrogen and oxygen atoms in total. The predicted octanol–water partition coefficient (Wildman–Crippen LogP) is 1.78. The van der Waals surface area contributed by atoms with E-state index in [2.05, 4.69) is 10.6 Å². The SMILES string of the molecule is CCCCN(C(C)=O)C1NC(=O)N(c2ccc(OC(C)=O)cc2)C(=O)N1. The summed E-state index contributed by atoms with van der Waals surface area (Å²) in [5, 5.41) is 5.21. The lowest BCUT2D eigenvalue weighted by Gasteiger charge is -2.38. The van der Waals surface area contributed by atoms with E-state index in [9.17, 15) is 19.2 Å². The van der Waals surface area contributed by atoms with Crippen molar-refractivity contribution in [3.63, 3.8) is 0 Å². The standard InChI is InChI=1S/C17H22N4O5/c1-4-5-10-20(11(2)22)15-18-16(24)21(17(25)19-15)13-6-8-14(9-7-13)26-12(3)23/h6-9,15H,4-5,10H2,1-3H3,(H,18,24)(H,19,25). The van der Waals surface area contributed by atoms with E-state index in [1.54, 1.807) is 0 Å². The summed E-state index contributed by atoms with van der Waals surface area (Å²) in [4.78, 5) is 49.9. The molecule has 1 aromatic rings. The molecule has 0 atom stereocenters. The molecule has 1 fully saturated rings. The number of benzene rings is 1. The van der Waals surface area contributed by atoms with E-state index >= 15 is 0 Å². The number of anilines is 1. The number of hydrogen-bond donors (Lipinski definition) is 2. The largest absolute Gasteiger partial charge is 0.427 e. The maximum Gasteiger partial charge on any atom is 0.333 e. The van der Waals surface area contributed by atoms with Crippen LogP contribution in [-0.2, 0) is 9.59 Å². The zero-order chi connectivity index (χ0) is 19.3. The molecule has 1 aliphatic rings. The van der Waals surface area contributed by atoms with Crippen molar-refractivity contribution >= 4 is 29.6 Å². The molecule has 0 spiro atoms. The molecule has 0 aromatic heterocycles. The van der Waals surface area contributed by atoms with Gasteiger partial charge in [0.15, 0.2) is 6.29 Å². The fraction of sp³-hybridized carbons (Fsp3) is 0.412. The average Bonchev–Trinajstić information content (AvgIpc) is 2.55. The van der Waals surface area contributed by atoms with Gasteiger partial charge in [-0.3, -0.25) is 20.2 Å². The van der Waals surface area contributed by atoms with E-state index in [1.165, 1.54) is 43.0 Å². The van der Waals surface area contributed by atoms with E-state index in [-0.39, 0.29) is 5.91 Å². The van der Waals surface area contributed by atoms with Crippen LogP contribution < -0.4 is 20.3 Å². The molecule has 1 saturated heterocycles. The first-order chi connectivity index (χ1) is 12.3. The number of esters is 1. The zero-order valence-electron chi connectivity index (χ0n) is 14.9. The maximum atomic E-state index is 12.4. The highest BCUT2D eigenvalue weighted by Crippen LogP contribution is 2.21. The summed E-state index contributed by atoms with van der Waals surface area (Å²) in [6, 6.07) is 4.62. The number of rotatable bonds is 6. The summed E-state index contributed by atoms with van der Waals surface area (Å²) >= 11 is 0. The summed E-state index contributed by atoms with van der Waals surface area (Å²) in [7, 11) is 0. The Morgan fingerprint density at radius 2 is 1.69 bits per heavy atom. The number of carbonyl (C=O) groups is 4. The molecule has 1 heterocycles. The Labute approximate surface area is 151 Å². The van der Waals surface area contributed by atoms with Gasteiger partial charge in [0, 0.05) is 20.4 Å². The molecule has 1 aliphatic heterocycles. The lowest BCUT2D eigenvalue weighted by molar-refractivity contribution is -0.133. The van der Waals surface area contributed by atoms with Crippen molar-refractivity contribution in [2.45, 2.75) is 39.9 Å². The van der Waals surface area contributed by atoms with Gasteiger partial charge in [-0.05, 0) is 30.7 Å². The first-order valence-corrected chi connectivity index (χ1v) is 8.30. The minimum atomic E-state index is -0.893. The van der Waals surface area contributed by atoms with Gasteiger partial charge in [-0.2, -0.15) is 0 Å². The van der Waals surface area contributed by atoms with Crippen molar-refractivity contribution in [1.29, 1.82) is 0 Å². The van der Waals surface area contributed by atoms with Gasteiger partial charge >= 0.3 is 18.0 Å². The van der Waals surface area contributed by atoms with Crippen molar-refractivity contribution in [2.75, 3.05) is 11.4 Å². The number of amides is 5. The van der Waals surface area contributed by atoms with E-state index in [0.29, 0.717) is 18.0 Å². The molecule has 0 radical (unpaired) electrons. The number of hydrogen-bond acceptors (Lipinski definition) is 5. The number of urea groups is 2. The highest BCUT2D eigenvalue weighted by Gasteiger charge is 2.36. The third-order valence-electron chi connectivity index (χ3n) is 3.75. The van der Waals surface area contributed by atoms with E-state index in [1.807, 2.05) is 6.92 Å². The average molecular weight is 362 g/mol. The van der Waals surface area contributed by atoms with Crippen molar-refractivity contribution < 1.29 is 23.9 Å². The van der Waals surface area contributed by atoms with Gasteiger partial charge in [-0.25, -0.2) is 14.5 Å². The molecular weight excluding hydrogens is 340 g/mol. The molecule has 0 aliphatic carbocycles. The number of unbranched alkanes of at least 4 members (excludes halogenated alkanes) is 1. The first-order valence-electron chi connectivity index (χ1n) is 8.30. The number of ether oxygens (including phenoxy) is 1. The van der Waals surface area contributed by atoms with Crippen LogP contribution >= 0.6 is 0 Å². The van der Waals surface area contributed by atoms with Gasteiger partial charge in [0.1, 0.15) is 5.75 Å². The highest BCUT2D eigenvalue weighted by molar-refractivity contribution is 6.15. The van der Waals surface area contributed by atoms with Crippen LogP contribution in [0.5, 0.6) is 5.75 Å². The van der Waals surface area contributed by atoms with Gasteiger partial charge < -0.3 is 9.64 Å². The lowest BCUT2D eigenvalue weighted by Crippen LogP contribution is -2.69. The van der Waals surface area contributed by atoms with Crippen LogP contribution in [0.1, 0.15) is 33.6 Å². The first kappa shape index (κ1) is 19.2. The molecule has 2 N–H and O–H groups in total. The summed E-state index contributed by atoms with van der Waals surface area (Å²) in [5.41, 5.74) is 0.303. The Balaban J connectivity index is 2.12. The van der Waals surface area contributed by atoms with E-state index < -0.39 is 24.3 Å². The fourth-order valence-electron chi connectivity index (χ4n) is 2.51. The Morgan fingerprint density at radius 3 is 2.15 bits per heavy atom. The molecule has 0 saturated carbocycles. The third-order valence-corrected chi connectivity index (χ3v) is 3.75. The van der Waals surface area contributed by atoms with Crippen LogP contribution in [0.4, 0.5) is 15.3 Å². The summed E-state index contributed by atoms with van der Waals surface area (Å²) in [6.07, 6.45) is 0.734. The minimum absolute atomic E-state index is 0.247. The monoisotopic (exact) mass is 362 g/mol. The summed E-state index contributed by atoms with van der Waals surface area (Å²) in [6.45, 7) is 5.07. The number of carbonyl (C=O) groups excluding carboxylic acids is 4. The molecule has 0 bridgehead atoms. The summed E-state index contributed by atoms with van der Waals surface area (Å²) < 4.78 is 4.92. The van der Waals surface area contributed by atoms with Crippen molar-refractivity contribution in [3.8, 4) is 5.75 Å². The molecular formula is C17H22N4O5. The van der Waals surface area contributed by atoms with Crippen LogP contribution in [-0.4, -0.2) is 41.7 Å². The maximum absolute atomic E-state index is 12.4.